The van der Waals surface area contributed by atoms with Crippen molar-refractivity contribution in [2.75, 3.05) is 20.1 Å². The van der Waals surface area contributed by atoms with Crippen LogP contribution in [0.1, 0.15) is 13.8 Å². The number of likely N-dealkylation sites (N-methyl/N-ethyl adjacent to an activating group) is 1. The summed E-state index contributed by atoms with van der Waals surface area (Å²) < 4.78 is 0. The smallest absolute Gasteiger partial charge is 0.247 e. The number of hydrogen-bond acceptors (Lipinski definition) is 3. The van der Waals surface area contributed by atoms with Crippen molar-refractivity contribution in [1.82, 2.24) is 9.80 Å². The third-order valence-corrected chi connectivity index (χ3v) is 2.61. The fourth-order valence-electron chi connectivity index (χ4n) is 1.68. The molecule has 80 valence electrons. The molecule has 1 heterocycles. The van der Waals surface area contributed by atoms with Crippen LogP contribution in [0, 0.1) is 0 Å². The number of nitrogens with zero attached hydrogens (tertiary/aromatic N) is 3. The van der Waals surface area contributed by atoms with Crippen molar-refractivity contribution in [3.8, 4) is 0 Å². The molecule has 1 aliphatic rings. The maximum atomic E-state index is 11.8. The monoisotopic (exact) mass is 199 g/mol. The Morgan fingerprint density at radius 2 is 2.07 bits per heavy atom. The van der Waals surface area contributed by atoms with E-state index in [2.05, 4.69) is 5.10 Å². The Hall–Kier alpha value is -1.46. The lowest BCUT2D eigenvalue weighted by Crippen LogP contribution is -2.65. The van der Waals surface area contributed by atoms with Crippen molar-refractivity contribution >= 4 is 11.9 Å². The van der Waals surface area contributed by atoms with Gasteiger partial charge in [0, 0.05) is 20.1 Å². The molecule has 1 saturated heterocycles. The molecule has 14 heavy (non-hydrogen) atoms. The molecule has 1 rings (SSSR count). The maximum absolute atomic E-state index is 11.8. The molecule has 6 nitrogen and oxygen atoms in total. The van der Waals surface area contributed by atoms with Crippen molar-refractivity contribution in [2.24, 2.45) is 16.7 Å². The predicted molar refractivity (Wildman–Crippen MR) is 54.2 cm³/mol. The molecule has 0 aromatic rings. The summed E-state index contributed by atoms with van der Waals surface area (Å²) in [7, 11) is 1.78. The highest BCUT2D eigenvalue weighted by molar-refractivity contribution is 5.92. The Labute approximate surface area is 83.5 Å². The summed E-state index contributed by atoms with van der Waals surface area (Å²) in [4.78, 5) is 15.2. The second-order valence-corrected chi connectivity index (χ2v) is 3.92. The molecular weight excluding hydrogens is 182 g/mol. The topological polar surface area (TPSA) is 87.9 Å². The maximum Gasteiger partial charge on any atom is 0.247 e. The minimum Gasteiger partial charge on any atom is -0.368 e. The average Bonchev–Trinajstić information content (AvgIpc) is 2.13. The molecule has 0 atom stereocenters. The highest BCUT2D eigenvalue weighted by atomic mass is 16.2. The van der Waals surface area contributed by atoms with Crippen LogP contribution in [-0.4, -0.2) is 47.3 Å². The Bertz CT molecular complexity index is 273. The zero-order valence-corrected chi connectivity index (χ0v) is 8.82. The molecule has 0 aromatic carbocycles. The van der Waals surface area contributed by atoms with Crippen LogP contribution in [-0.2, 0) is 4.79 Å². The molecule has 0 bridgehead atoms. The van der Waals surface area contributed by atoms with Gasteiger partial charge in [-0.2, -0.15) is 0 Å². The fraction of sp³-hybridized carbons (Fsp3) is 0.750. The van der Waals surface area contributed by atoms with Gasteiger partial charge < -0.3 is 21.4 Å². The molecule has 0 aromatic heterocycles. The van der Waals surface area contributed by atoms with Crippen LogP contribution in [0.3, 0.4) is 0 Å². The third kappa shape index (κ3) is 1.47. The van der Waals surface area contributed by atoms with Crippen LogP contribution in [0.5, 0.6) is 0 Å². The van der Waals surface area contributed by atoms with Crippen molar-refractivity contribution in [2.45, 2.75) is 19.4 Å². The number of piperazine rings is 1. The van der Waals surface area contributed by atoms with Crippen LogP contribution in [0.2, 0.25) is 0 Å². The van der Waals surface area contributed by atoms with Crippen LogP contribution >= 0.6 is 0 Å². The van der Waals surface area contributed by atoms with Gasteiger partial charge in [-0.3, -0.25) is 4.79 Å². The van der Waals surface area contributed by atoms with Crippen molar-refractivity contribution < 1.29 is 4.79 Å². The first-order valence-corrected chi connectivity index (χ1v) is 4.48. The van der Waals surface area contributed by atoms with Gasteiger partial charge in [0.1, 0.15) is 5.54 Å². The van der Waals surface area contributed by atoms with Crippen LogP contribution in [0.15, 0.2) is 5.10 Å². The summed E-state index contributed by atoms with van der Waals surface area (Å²) in [5.74, 6) is 5.33. The second-order valence-electron chi connectivity index (χ2n) is 3.92. The molecule has 1 aliphatic heterocycles. The summed E-state index contributed by atoms with van der Waals surface area (Å²) in [5, 5.41) is 3.42. The average molecular weight is 199 g/mol. The molecule has 0 spiro atoms. The van der Waals surface area contributed by atoms with E-state index in [0.29, 0.717) is 13.1 Å². The molecule has 0 aliphatic carbocycles. The second kappa shape index (κ2) is 3.36. The van der Waals surface area contributed by atoms with Crippen LogP contribution in [0.25, 0.3) is 0 Å². The summed E-state index contributed by atoms with van der Waals surface area (Å²) in [6, 6.07) is 0. The van der Waals surface area contributed by atoms with Crippen molar-refractivity contribution in [3.63, 3.8) is 0 Å². The first-order chi connectivity index (χ1) is 6.41. The quantitative estimate of drug-likeness (QED) is 0.220. The minimum atomic E-state index is -0.667. The van der Waals surface area contributed by atoms with Gasteiger partial charge in [0.25, 0.3) is 0 Å². The molecule has 1 fully saturated rings. The number of guanidine groups is 1. The predicted octanol–water partition coefficient (Wildman–Crippen LogP) is -1.27. The number of amides is 1. The normalized spacial score (nSPS) is 22.8. The van der Waals surface area contributed by atoms with Crippen LogP contribution in [0.4, 0.5) is 0 Å². The zero-order valence-electron chi connectivity index (χ0n) is 8.82. The molecule has 4 N–H and O–H groups in total. The SMILES string of the molecule is CN1CCN(C(N)=NN)C(C)(C)C1=O. The first kappa shape index (κ1) is 10.6. The molecular formula is C8H17N5O. The molecule has 0 saturated carbocycles. The van der Waals surface area contributed by atoms with E-state index in [1.165, 1.54) is 0 Å². The van der Waals surface area contributed by atoms with E-state index in [0.717, 1.165) is 0 Å². The van der Waals surface area contributed by atoms with E-state index in [1.54, 1.807) is 16.8 Å². The lowest BCUT2D eigenvalue weighted by molar-refractivity contribution is -0.143. The van der Waals surface area contributed by atoms with Gasteiger partial charge in [-0.05, 0) is 13.8 Å². The summed E-state index contributed by atoms with van der Waals surface area (Å²) in [5.41, 5.74) is 4.94. The number of hydrazone groups is 1. The van der Waals surface area contributed by atoms with E-state index in [4.69, 9.17) is 11.6 Å². The fourth-order valence-corrected chi connectivity index (χ4v) is 1.68. The summed E-state index contributed by atoms with van der Waals surface area (Å²) in [6.45, 7) is 4.91. The highest BCUT2D eigenvalue weighted by Crippen LogP contribution is 2.20. The Kier molecular flexibility index (Phi) is 2.55. The van der Waals surface area contributed by atoms with E-state index in [1.807, 2.05) is 13.8 Å². The van der Waals surface area contributed by atoms with Crippen molar-refractivity contribution in [3.05, 3.63) is 0 Å². The van der Waals surface area contributed by atoms with Crippen LogP contribution < -0.4 is 11.6 Å². The number of nitrogens with two attached hydrogens (primary N) is 2. The lowest BCUT2D eigenvalue weighted by Gasteiger charge is -2.44. The Morgan fingerprint density at radius 1 is 1.50 bits per heavy atom. The standard InChI is InChI=1S/C8H17N5O/c1-8(2)6(14)12(3)4-5-13(8)7(9)11-10/h4-5,10H2,1-3H3,(H2,9,11). The Morgan fingerprint density at radius 3 is 2.57 bits per heavy atom. The van der Waals surface area contributed by atoms with Gasteiger partial charge in [-0.1, -0.05) is 0 Å². The molecule has 1 amide bonds. The van der Waals surface area contributed by atoms with E-state index in [9.17, 15) is 4.79 Å². The highest BCUT2D eigenvalue weighted by Gasteiger charge is 2.41. The van der Waals surface area contributed by atoms with Gasteiger partial charge in [0.15, 0.2) is 0 Å². The summed E-state index contributed by atoms with van der Waals surface area (Å²) >= 11 is 0. The Balaban J connectivity index is 2.95. The number of rotatable bonds is 0. The van der Waals surface area contributed by atoms with Gasteiger partial charge in [0.2, 0.25) is 11.9 Å². The first-order valence-electron chi connectivity index (χ1n) is 4.48. The van der Waals surface area contributed by atoms with Gasteiger partial charge in [-0.15, -0.1) is 5.10 Å². The van der Waals surface area contributed by atoms with E-state index < -0.39 is 5.54 Å². The molecule has 6 heteroatoms. The number of carbonyl (C=O) groups excluding carboxylic acids is 1. The van der Waals surface area contributed by atoms with Gasteiger partial charge >= 0.3 is 0 Å². The third-order valence-electron chi connectivity index (χ3n) is 2.61. The van der Waals surface area contributed by atoms with E-state index in [-0.39, 0.29) is 11.9 Å². The number of hydrogen-bond donors (Lipinski definition) is 2. The lowest BCUT2D eigenvalue weighted by atomic mass is 9.98. The van der Waals surface area contributed by atoms with E-state index >= 15 is 0 Å². The minimum absolute atomic E-state index is 0.0235. The molecule has 0 radical (unpaired) electrons. The van der Waals surface area contributed by atoms with Crippen molar-refractivity contribution in [1.29, 1.82) is 0 Å². The van der Waals surface area contributed by atoms with Gasteiger partial charge in [0.05, 0.1) is 0 Å². The zero-order chi connectivity index (χ0) is 10.9. The largest absolute Gasteiger partial charge is 0.368 e. The summed E-state index contributed by atoms with van der Waals surface area (Å²) in [6.07, 6.45) is 0. The van der Waals surface area contributed by atoms with Gasteiger partial charge in [-0.25, -0.2) is 0 Å². The molecule has 0 unspecified atom stereocenters. The number of carbonyl (C=O) groups is 1.